The number of rotatable bonds is 10. The molecule has 1 fully saturated rings. The maximum atomic E-state index is 5.75. The van der Waals surface area contributed by atoms with E-state index in [9.17, 15) is 0 Å². The predicted molar refractivity (Wildman–Crippen MR) is 137 cm³/mol. The minimum Gasteiger partial charge on any atom is -0.379 e. The van der Waals surface area contributed by atoms with Crippen LogP contribution in [0.25, 0.3) is 0 Å². The zero-order valence-electron chi connectivity index (χ0n) is 18.4. The molecule has 31 heavy (non-hydrogen) atoms. The van der Waals surface area contributed by atoms with E-state index in [0.29, 0.717) is 26.3 Å². The number of morpholine rings is 1. The molecule has 1 heterocycles. The molecule has 6 nitrogen and oxygen atoms in total. The number of halogens is 1. The molecule has 170 valence electrons. The highest BCUT2D eigenvalue weighted by atomic mass is 127. The largest absolute Gasteiger partial charge is 0.379 e. The van der Waals surface area contributed by atoms with Crippen LogP contribution in [0.5, 0.6) is 0 Å². The van der Waals surface area contributed by atoms with Gasteiger partial charge in [-0.05, 0) is 23.6 Å². The van der Waals surface area contributed by atoms with Crippen molar-refractivity contribution >= 4 is 29.9 Å². The van der Waals surface area contributed by atoms with Gasteiger partial charge in [0.2, 0.25) is 0 Å². The summed E-state index contributed by atoms with van der Waals surface area (Å²) in [4.78, 5) is 7.23. The van der Waals surface area contributed by atoms with E-state index >= 15 is 0 Å². The number of nitrogens with zero attached hydrogens (tertiary/aromatic N) is 2. The van der Waals surface area contributed by atoms with E-state index in [1.54, 1.807) is 0 Å². The first kappa shape index (κ1) is 25.6. The first-order chi connectivity index (χ1) is 14.8. The van der Waals surface area contributed by atoms with Crippen molar-refractivity contribution in [2.75, 3.05) is 46.0 Å². The van der Waals surface area contributed by atoms with Gasteiger partial charge in [0.05, 0.1) is 33.0 Å². The van der Waals surface area contributed by atoms with Crippen LogP contribution in [-0.4, -0.2) is 56.9 Å². The van der Waals surface area contributed by atoms with Crippen molar-refractivity contribution in [1.82, 2.24) is 15.5 Å². The summed E-state index contributed by atoms with van der Waals surface area (Å²) in [6.45, 7) is 10.1. The van der Waals surface area contributed by atoms with Gasteiger partial charge in [0.1, 0.15) is 0 Å². The van der Waals surface area contributed by atoms with Crippen LogP contribution in [-0.2, 0) is 29.2 Å². The Balaban J connectivity index is 0.00000341. The van der Waals surface area contributed by atoms with Gasteiger partial charge in [0.15, 0.2) is 5.96 Å². The number of ether oxygens (including phenoxy) is 2. The minimum absolute atomic E-state index is 0. The minimum atomic E-state index is 0. The van der Waals surface area contributed by atoms with Crippen LogP contribution in [0.3, 0.4) is 0 Å². The molecule has 1 aliphatic rings. The molecule has 0 unspecified atom stereocenters. The molecule has 0 aliphatic carbocycles. The number of nitrogens with one attached hydrogen (secondary N) is 2. The number of guanidine groups is 1. The molecule has 7 heteroatoms. The average molecular weight is 538 g/mol. The van der Waals surface area contributed by atoms with Crippen LogP contribution in [0.4, 0.5) is 0 Å². The second-order valence-electron chi connectivity index (χ2n) is 7.32. The maximum absolute atomic E-state index is 5.75. The lowest BCUT2D eigenvalue weighted by Gasteiger charge is -2.27. The Morgan fingerprint density at radius 1 is 1.00 bits per heavy atom. The van der Waals surface area contributed by atoms with Crippen molar-refractivity contribution in [2.45, 2.75) is 26.6 Å². The van der Waals surface area contributed by atoms with E-state index in [4.69, 9.17) is 14.5 Å². The fourth-order valence-electron chi connectivity index (χ4n) is 3.38. The molecule has 2 aromatic rings. The molecule has 0 bridgehead atoms. The summed E-state index contributed by atoms with van der Waals surface area (Å²) in [6, 6.07) is 18.8. The van der Waals surface area contributed by atoms with Gasteiger partial charge < -0.3 is 20.1 Å². The van der Waals surface area contributed by atoms with E-state index in [1.807, 2.05) is 18.2 Å². The molecular formula is C24H35IN4O2. The maximum Gasteiger partial charge on any atom is 0.191 e. The summed E-state index contributed by atoms with van der Waals surface area (Å²) >= 11 is 0. The quantitative estimate of drug-likeness (QED) is 0.210. The SMILES string of the molecule is CCNC(=NCc1ccccc1CN1CCOCC1)NCCOCc1ccccc1.I. The predicted octanol–water partition coefficient (Wildman–Crippen LogP) is 3.41. The van der Waals surface area contributed by atoms with Crippen molar-refractivity contribution in [2.24, 2.45) is 4.99 Å². The molecule has 0 spiro atoms. The Kier molecular flexibility index (Phi) is 12.5. The highest BCUT2D eigenvalue weighted by Crippen LogP contribution is 2.14. The van der Waals surface area contributed by atoms with Gasteiger partial charge >= 0.3 is 0 Å². The summed E-state index contributed by atoms with van der Waals surface area (Å²) in [5, 5.41) is 6.68. The van der Waals surface area contributed by atoms with E-state index in [0.717, 1.165) is 45.4 Å². The van der Waals surface area contributed by atoms with Crippen LogP contribution in [0, 0.1) is 0 Å². The molecule has 3 rings (SSSR count). The summed E-state index contributed by atoms with van der Waals surface area (Å²) in [5.74, 6) is 0.821. The zero-order chi connectivity index (χ0) is 20.9. The molecule has 0 aromatic heterocycles. The van der Waals surface area contributed by atoms with Crippen molar-refractivity contribution in [3.05, 3.63) is 71.3 Å². The van der Waals surface area contributed by atoms with E-state index < -0.39 is 0 Å². The highest BCUT2D eigenvalue weighted by Gasteiger charge is 2.12. The Morgan fingerprint density at radius 2 is 1.71 bits per heavy atom. The molecule has 0 radical (unpaired) electrons. The number of hydrogen-bond acceptors (Lipinski definition) is 4. The van der Waals surface area contributed by atoms with Crippen LogP contribution in [0.2, 0.25) is 0 Å². The third kappa shape index (κ3) is 9.55. The third-order valence-electron chi connectivity index (χ3n) is 5.02. The Hall–Kier alpha value is -1.68. The molecule has 1 aliphatic heterocycles. The first-order valence-electron chi connectivity index (χ1n) is 10.9. The topological polar surface area (TPSA) is 58.1 Å². The normalized spacial score (nSPS) is 14.7. The fraction of sp³-hybridized carbons (Fsp3) is 0.458. The molecule has 0 amide bonds. The Morgan fingerprint density at radius 3 is 2.45 bits per heavy atom. The van der Waals surface area contributed by atoms with Gasteiger partial charge in [0.25, 0.3) is 0 Å². The molecule has 1 saturated heterocycles. The van der Waals surface area contributed by atoms with Crippen molar-refractivity contribution < 1.29 is 9.47 Å². The van der Waals surface area contributed by atoms with Crippen LogP contribution < -0.4 is 10.6 Å². The van der Waals surface area contributed by atoms with Crippen molar-refractivity contribution in [3.63, 3.8) is 0 Å². The lowest BCUT2D eigenvalue weighted by Crippen LogP contribution is -2.39. The summed E-state index contributed by atoms with van der Waals surface area (Å²) in [6.07, 6.45) is 0. The smallest absolute Gasteiger partial charge is 0.191 e. The summed E-state index contributed by atoms with van der Waals surface area (Å²) in [5.41, 5.74) is 3.79. The van der Waals surface area contributed by atoms with Crippen molar-refractivity contribution in [3.8, 4) is 0 Å². The van der Waals surface area contributed by atoms with Gasteiger partial charge in [-0.2, -0.15) is 0 Å². The summed E-state index contributed by atoms with van der Waals surface area (Å²) < 4.78 is 11.2. The number of aliphatic imine (C=N–C) groups is 1. The van der Waals surface area contributed by atoms with E-state index in [2.05, 4.69) is 58.9 Å². The van der Waals surface area contributed by atoms with Gasteiger partial charge in [-0.25, -0.2) is 4.99 Å². The van der Waals surface area contributed by atoms with Crippen LogP contribution >= 0.6 is 24.0 Å². The second-order valence-corrected chi connectivity index (χ2v) is 7.32. The van der Waals surface area contributed by atoms with E-state index in [-0.39, 0.29) is 24.0 Å². The van der Waals surface area contributed by atoms with Crippen molar-refractivity contribution in [1.29, 1.82) is 0 Å². The standard InChI is InChI=1S/C24H34N4O2.HI/c1-2-25-24(26-12-15-30-20-21-8-4-3-5-9-21)27-18-22-10-6-7-11-23(22)19-28-13-16-29-17-14-28;/h3-11H,2,12-20H2,1H3,(H2,25,26,27);1H. The Labute approximate surface area is 203 Å². The monoisotopic (exact) mass is 538 g/mol. The number of benzene rings is 2. The lowest BCUT2D eigenvalue weighted by molar-refractivity contribution is 0.0341. The van der Waals surface area contributed by atoms with E-state index in [1.165, 1.54) is 16.7 Å². The first-order valence-corrected chi connectivity index (χ1v) is 10.9. The highest BCUT2D eigenvalue weighted by molar-refractivity contribution is 14.0. The van der Waals surface area contributed by atoms with Gasteiger partial charge in [0, 0.05) is 32.7 Å². The molecule has 2 aromatic carbocycles. The number of hydrogen-bond donors (Lipinski definition) is 2. The second kappa shape index (κ2) is 15.2. The average Bonchev–Trinajstić information content (AvgIpc) is 2.79. The van der Waals surface area contributed by atoms with Crippen LogP contribution in [0.15, 0.2) is 59.6 Å². The molecule has 0 atom stereocenters. The third-order valence-corrected chi connectivity index (χ3v) is 5.02. The van der Waals surface area contributed by atoms with Gasteiger partial charge in [-0.1, -0.05) is 54.6 Å². The Bertz CT molecular complexity index is 767. The van der Waals surface area contributed by atoms with Gasteiger partial charge in [-0.15, -0.1) is 24.0 Å². The van der Waals surface area contributed by atoms with Gasteiger partial charge in [-0.3, -0.25) is 4.90 Å². The lowest BCUT2D eigenvalue weighted by atomic mass is 10.1. The van der Waals surface area contributed by atoms with Crippen LogP contribution in [0.1, 0.15) is 23.6 Å². The molecule has 0 saturated carbocycles. The summed E-state index contributed by atoms with van der Waals surface area (Å²) in [7, 11) is 0. The zero-order valence-corrected chi connectivity index (χ0v) is 20.7. The fourth-order valence-corrected chi connectivity index (χ4v) is 3.38. The molecular weight excluding hydrogens is 503 g/mol. The molecule has 2 N–H and O–H groups in total.